The van der Waals surface area contributed by atoms with Gasteiger partial charge in [-0.2, -0.15) is 0 Å². The molecule has 0 saturated carbocycles. The molecular weight excluding hydrogens is 264 g/mol. The lowest BCUT2D eigenvalue weighted by atomic mass is 9.94. The number of amides is 1. The second-order valence-electron chi connectivity index (χ2n) is 4.46. The highest BCUT2D eigenvalue weighted by molar-refractivity contribution is 8.09. The molecule has 6 heteroatoms. The van der Waals surface area contributed by atoms with Gasteiger partial charge < -0.3 is 5.11 Å². The van der Waals surface area contributed by atoms with Crippen molar-refractivity contribution in [3.63, 3.8) is 0 Å². The number of β-lactam (4-membered cyclic amide) rings is 1. The first kappa shape index (κ1) is 12.2. The van der Waals surface area contributed by atoms with E-state index in [1.165, 1.54) is 16.7 Å². The summed E-state index contributed by atoms with van der Waals surface area (Å²) < 4.78 is 0. The second-order valence-corrected chi connectivity index (χ2v) is 5.58. The third-order valence-corrected chi connectivity index (χ3v) is 4.86. The Bertz CT molecular complexity index is 585. The summed E-state index contributed by atoms with van der Waals surface area (Å²) >= 11 is 1.45. The van der Waals surface area contributed by atoms with Crippen molar-refractivity contribution in [3.8, 4) is 0 Å². The maximum absolute atomic E-state index is 12.0. The molecule has 0 aromatic carbocycles. The maximum Gasteiger partial charge on any atom is 0.353 e. The van der Waals surface area contributed by atoms with Crippen LogP contribution in [0.5, 0.6) is 0 Å². The zero-order valence-electron chi connectivity index (χ0n) is 10.2. The molecule has 3 heterocycles. The molecule has 1 N–H and O–H groups in total. The van der Waals surface area contributed by atoms with Gasteiger partial charge in [-0.1, -0.05) is 24.8 Å². The molecule has 1 aromatic rings. The van der Waals surface area contributed by atoms with Crippen LogP contribution in [0.25, 0.3) is 4.91 Å². The third-order valence-electron chi connectivity index (χ3n) is 3.41. The van der Waals surface area contributed by atoms with Crippen molar-refractivity contribution in [2.45, 2.75) is 18.7 Å². The largest absolute Gasteiger partial charge is 0.477 e. The first-order valence-corrected chi connectivity index (χ1v) is 6.90. The molecule has 3 rings (SSSR count). The van der Waals surface area contributed by atoms with Crippen LogP contribution in [-0.2, 0) is 9.59 Å². The highest BCUT2D eigenvalue weighted by atomic mass is 32.2. The second kappa shape index (κ2) is 4.38. The minimum Gasteiger partial charge on any atom is -0.477 e. The zero-order valence-corrected chi connectivity index (χ0v) is 11.1. The number of thioether (sulfide) groups is 1. The SMILES string of the molecule is CC[C@H]1C(=O)N2C(C(=O)O)=C(c3cccnc3)S[C@H]12. The van der Waals surface area contributed by atoms with Crippen molar-refractivity contribution >= 4 is 28.5 Å². The number of pyridine rings is 1. The number of rotatable bonds is 3. The van der Waals surface area contributed by atoms with Crippen LogP contribution in [0.3, 0.4) is 0 Å². The van der Waals surface area contributed by atoms with Gasteiger partial charge in [0.2, 0.25) is 5.91 Å². The van der Waals surface area contributed by atoms with E-state index < -0.39 is 5.97 Å². The van der Waals surface area contributed by atoms with E-state index in [0.717, 1.165) is 12.0 Å². The molecule has 98 valence electrons. The van der Waals surface area contributed by atoms with Gasteiger partial charge in [0, 0.05) is 22.9 Å². The lowest BCUT2D eigenvalue weighted by molar-refractivity contribution is -0.151. The van der Waals surface area contributed by atoms with Crippen LogP contribution < -0.4 is 0 Å². The Kier molecular flexibility index (Phi) is 2.82. The van der Waals surface area contributed by atoms with Gasteiger partial charge in [0.05, 0.1) is 11.3 Å². The van der Waals surface area contributed by atoms with Crippen molar-refractivity contribution in [2.75, 3.05) is 0 Å². The van der Waals surface area contributed by atoms with Gasteiger partial charge in [-0.3, -0.25) is 14.7 Å². The number of carbonyl (C=O) groups is 2. The lowest BCUT2D eigenvalue weighted by Gasteiger charge is -2.41. The summed E-state index contributed by atoms with van der Waals surface area (Å²) in [5.74, 6) is -1.22. The molecule has 0 bridgehead atoms. The third kappa shape index (κ3) is 1.67. The van der Waals surface area contributed by atoms with E-state index in [-0.39, 0.29) is 22.9 Å². The minimum absolute atomic E-state index is 0.0705. The predicted octanol–water partition coefficient (Wildman–Crippen LogP) is 1.78. The summed E-state index contributed by atoms with van der Waals surface area (Å²) in [6.07, 6.45) is 4.00. The van der Waals surface area contributed by atoms with E-state index >= 15 is 0 Å². The quantitative estimate of drug-likeness (QED) is 0.852. The molecule has 0 unspecified atom stereocenters. The summed E-state index contributed by atoms with van der Waals surface area (Å²) in [4.78, 5) is 29.4. The van der Waals surface area contributed by atoms with Gasteiger partial charge in [0.25, 0.3) is 0 Å². The van der Waals surface area contributed by atoms with Gasteiger partial charge in [-0.25, -0.2) is 4.79 Å². The van der Waals surface area contributed by atoms with Gasteiger partial charge >= 0.3 is 5.97 Å². The Balaban J connectivity index is 2.04. The van der Waals surface area contributed by atoms with Crippen LogP contribution >= 0.6 is 11.8 Å². The average Bonchev–Trinajstić information content (AvgIpc) is 2.76. The number of carboxylic acids is 1. The van der Waals surface area contributed by atoms with Crippen LogP contribution in [0.2, 0.25) is 0 Å². The molecule has 1 saturated heterocycles. The topological polar surface area (TPSA) is 70.5 Å². The smallest absolute Gasteiger partial charge is 0.353 e. The minimum atomic E-state index is -1.06. The number of carboxylic acid groups (broad SMARTS) is 1. The standard InChI is InChI=1S/C13H12N2O3S/c1-2-8-11(16)15-9(13(17)18)10(19-12(8)15)7-4-3-5-14-6-7/h3-6,8,12H,2H2,1H3,(H,17,18)/t8-,12+/m0/s1. The average molecular weight is 276 g/mol. The van der Waals surface area contributed by atoms with Crippen LogP contribution in [0, 0.1) is 5.92 Å². The molecule has 0 radical (unpaired) electrons. The van der Waals surface area contributed by atoms with Gasteiger partial charge in [0.15, 0.2) is 0 Å². The Hall–Kier alpha value is -1.82. The van der Waals surface area contributed by atoms with Gasteiger partial charge in [0.1, 0.15) is 5.70 Å². The molecule has 1 amide bonds. The number of aromatic nitrogens is 1. The van der Waals surface area contributed by atoms with Crippen LogP contribution in [0.4, 0.5) is 0 Å². The monoisotopic (exact) mass is 276 g/mol. The van der Waals surface area contributed by atoms with E-state index in [2.05, 4.69) is 4.98 Å². The van der Waals surface area contributed by atoms with Crippen molar-refractivity contribution in [1.82, 2.24) is 9.88 Å². The number of aliphatic carboxylic acids is 1. The van der Waals surface area contributed by atoms with Crippen LogP contribution in [0.1, 0.15) is 18.9 Å². The molecule has 19 heavy (non-hydrogen) atoms. The molecular formula is C13H12N2O3S. The van der Waals surface area contributed by atoms with E-state index in [9.17, 15) is 14.7 Å². The Morgan fingerprint density at radius 3 is 2.95 bits per heavy atom. The summed E-state index contributed by atoms with van der Waals surface area (Å²) in [7, 11) is 0. The normalized spacial score (nSPS) is 25.3. The van der Waals surface area contributed by atoms with Crippen molar-refractivity contribution in [1.29, 1.82) is 0 Å². The zero-order chi connectivity index (χ0) is 13.6. The van der Waals surface area contributed by atoms with E-state index in [4.69, 9.17) is 0 Å². The van der Waals surface area contributed by atoms with E-state index in [0.29, 0.717) is 4.91 Å². The molecule has 2 aliphatic rings. The number of fused-ring (bicyclic) bond motifs is 1. The van der Waals surface area contributed by atoms with Crippen LogP contribution in [0.15, 0.2) is 30.2 Å². The summed E-state index contributed by atoms with van der Waals surface area (Å²) in [5.41, 5.74) is 0.847. The first-order valence-electron chi connectivity index (χ1n) is 6.02. The molecule has 0 spiro atoms. The molecule has 5 nitrogen and oxygen atoms in total. The number of nitrogens with zero attached hydrogens (tertiary/aromatic N) is 2. The fraction of sp³-hybridized carbons (Fsp3) is 0.308. The number of carbonyl (C=O) groups excluding carboxylic acids is 1. The fourth-order valence-corrected chi connectivity index (χ4v) is 4.04. The highest BCUT2D eigenvalue weighted by Gasteiger charge is 2.55. The molecule has 2 atom stereocenters. The van der Waals surface area contributed by atoms with Crippen molar-refractivity contribution in [3.05, 3.63) is 35.8 Å². The van der Waals surface area contributed by atoms with Crippen molar-refractivity contribution < 1.29 is 14.7 Å². The molecule has 2 aliphatic heterocycles. The van der Waals surface area contributed by atoms with Crippen molar-refractivity contribution in [2.24, 2.45) is 5.92 Å². The summed E-state index contributed by atoms with van der Waals surface area (Å²) in [6.45, 7) is 1.95. The highest BCUT2D eigenvalue weighted by Crippen LogP contribution is 2.53. The number of hydrogen-bond acceptors (Lipinski definition) is 4. The first-order chi connectivity index (χ1) is 9.15. The van der Waals surface area contributed by atoms with E-state index in [1.807, 2.05) is 13.0 Å². The predicted molar refractivity (Wildman–Crippen MR) is 70.8 cm³/mol. The maximum atomic E-state index is 12.0. The number of hydrogen-bond donors (Lipinski definition) is 1. The Morgan fingerprint density at radius 1 is 1.58 bits per heavy atom. The molecule has 0 aliphatic carbocycles. The summed E-state index contributed by atoms with van der Waals surface area (Å²) in [6, 6.07) is 3.58. The van der Waals surface area contributed by atoms with Gasteiger partial charge in [-0.05, 0) is 12.5 Å². The Morgan fingerprint density at radius 2 is 2.37 bits per heavy atom. The van der Waals surface area contributed by atoms with Gasteiger partial charge in [-0.15, -0.1) is 0 Å². The fourth-order valence-electron chi connectivity index (χ4n) is 2.46. The molecule has 1 aromatic heterocycles. The Labute approximate surface area is 114 Å². The molecule has 1 fully saturated rings. The summed E-state index contributed by atoms with van der Waals surface area (Å²) in [5, 5.41) is 9.29. The van der Waals surface area contributed by atoms with E-state index in [1.54, 1.807) is 18.5 Å². The van der Waals surface area contributed by atoms with Crippen LogP contribution in [-0.4, -0.2) is 32.2 Å². The lowest BCUT2D eigenvalue weighted by Crippen LogP contribution is -2.56.